The minimum atomic E-state index is 0.00915. The van der Waals surface area contributed by atoms with Crippen molar-refractivity contribution in [2.24, 2.45) is 11.8 Å². The number of ether oxygens (including phenoxy) is 1. The number of amides is 2. The lowest BCUT2D eigenvalue weighted by Gasteiger charge is -2.37. The maximum Gasteiger partial charge on any atom is 0.263 e. The highest BCUT2D eigenvalue weighted by molar-refractivity contribution is 7.12. The van der Waals surface area contributed by atoms with Crippen LogP contribution >= 0.6 is 11.3 Å². The highest BCUT2D eigenvalue weighted by Gasteiger charge is 2.29. The highest BCUT2D eigenvalue weighted by atomic mass is 32.1. The normalized spacial score (nSPS) is 20.6. The van der Waals surface area contributed by atoms with Crippen LogP contribution in [0.15, 0.2) is 17.5 Å². The second-order valence-corrected chi connectivity index (χ2v) is 8.70. The zero-order chi connectivity index (χ0) is 19.2. The Hall–Kier alpha value is -1.44. The molecule has 1 N–H and O–H groups in total. The van der Waals surface area contributed by atoms with E-state index in [9.17, 15) is 9.59 Å². The summed E-state index contributed by atoms with van der Waals surface area (Å²) in [4.78, 5) is 30.2. The molecule has 3 rings (SSSR count). The number of nitrogens with one attached hydrogen (secondary N) is 1. The number of morpholine rings is 1. The minimum absolute atomic E-state index is 0.00915. The van der Waals surface area contributed by atoms with Crippen LogP contribution in [0.25, 0.3) is 0 Å². The van der Waals surface area contributed by atoms with E-state index in [0.29, 0.717) is 31.6 Å². The SMILES string of the molecule is CC(C)C(CNC(=O)C1CCN(C(=O)c2cccs2)CC1)N1CCOCC1. The molecule has 3 heterocycles. The van der Waals surface area contributed by atoms with E-state index in [1.54, 1.807) is 0 Å². The summed E-state index contributed by atoms with van der Waals surface area (Å²) in [7, 11) is 0. The van der Waals surface area contributed by atoms with Crippen molar-refractivity contribution in [3.63, 3.8) is 0 Å². The van der Waals surface area contributed by atoms with Gasteiger partial charge in [-0.3, -0.25) is 14.5 Å². The Morgan fingerprint density at radius 1 is 1.22 bits per heavy atom. The van der Waals surface area contributed by atoms with Crippen LogP contribution in [-0.4, -0.2) is 73.6 Å². The van der Waals surface area contributed by atoms with E-state index < -0.39 is 0 Å². The first kappa shape index (κ1) is 20.3. The summed E-state index contributed by atoms with van der Waals surface area (Å²) in [5, 5.41) is 5.10. The zero-order valence-corrected chi connectivity index (χ0v) is 17.2. The maximum absolute atomic E-state index is 12.7. The number of piperidine rings is 1. The second kappa shape index (κ2) is 9.66. The van der Waals surface area contributed by atoms with Crippen molar-refractivity contribution in [1.29, 1.82) is 0 Å². The Balaban J connectivity index is 1.45. The first-order chi connectivity index (χ1) is 13.1. The lowest BCUT2D eigenvalue weighted by molar-refractivity contribution is -0.126. The van der Waals surface area contributed by atoms with E-state index >= 15 is 0 Å². The fourth-order valence-electron chi connectivity index (χ4n) is 3.95. The third-order valence-corrected chi connectivity index (χ3v) is 6.51. The van der Waals surface area contributed by atoms with Gasteiger partial charge in [0.1, 0.15) is 0 Å². The van der Waals surface area contributed by atoms with Crippen molar-refractivity contribution >= 4 is 23.2 Å². The predicted molar refractivity (Wildman–Crippen MR) is 107 cm³/mol. The summed E-state index contributed by atoms with van der Waals surface area (Å²) >= 11 is 1.48. The van der Waals surface area contributed by atoms with Gasteiger partial charge in [0.15, 0.2) is 0 Å². The lowest BCUT2D eigenvalue weighted by Crippen LogP contribution is -2.52. The molecule has 7 heteroatoms. The molecular formula is C20H31N3O3S. The first-order valence-electron chi connectivity index (χ1n) is 9.98. The van der Waals surface area contributed by atoms with Crippen LogP contribution in [0.1, 0.15) is 36.4 Å². The molecule has 1 unspecified atom stereocenters. The molecule has 0 aliphatic carbocycles. The van der Waals surface area contributed by atoms with Crippen molar-refractivity contribution in [3.8, 4) is 0 Å². The molecule has 2 aliphatic rings. The van der Waals surface area contributed by atoms with E-state index in [0.717, 1.165) is 44.0 Å². The fourth-order valence-corrected chi connectivity index (χ4v) is 4.64. The summed E-state index contributed by atoms with van der Waals surface area (Å²) in [6, 6.07) is 4.11. The van der Waals surface area contributed by atoms with Crippen molar-refractivity contribution in [2.75, 3.05) is 45.9 Å². The van der Waals surface area contributed by atoms with Crippen LogP contribution in [-0.2, 0) is 9.53 Å². The molecule has 0 saturated carbocycles. The minimum Gasteiger partial charge on any atom is -0.379 e. The number of rotatable bonds is 6. The molecule has 1 aromatic rings. The van der Waals surface area contributed by atoms with E-state index in [1.165, 1.54) is 11.3 Å². The van der Waals surface area contributed by atoms with Gasteiger partial charge in [-0.1, -0.05) is 19.9 Å². The topological polar surface area (TPSA) is 61.9 Å². The van der Waals surface area contributed by atoms with Gasteiger partial charge >= 0.3 is 0 Å². The molecule has 0 aromatic carbocycles. The van der Waals surface area contributed by atoms with Gasteiger partial charge in [0.25, 0.3) is 5.91 Å². The smallest absolute Gasteiger partial charge is 0.263 e. The molecule has 2 fully saturated rings. The summed E-state index contributed by atoms with van der Waals surface area (Å²) in [6.45, 7) is 9.83. The Bertz CT molecular complexity index is 606. The Morgan fingerprint density at radius 2 is 1.93 bits per heavy atom. The zero-order valence-electron chi connectivity index (χ0n) is 16.4. The van der Waals surface area contributed by atoms with Crippen LogP contribution in [0.5, 0.6) is 0 Å². The maximum atomic E-state index is 12.7. The molecule has 6 nitrogen and oxygen atoms in total. The second-order valence-electron chi connectivity index (χ2n) is 7.75. The molecule has 0 bridgehead atoms. The van der Waals surface area contributed by atoms with E-state index in [1.807, 2.05) is 22.4 Å². The van der Waals surface area contributed by atoms with Gasteiger partial charge in [0, 0.05) is 44.7 Å². The van der Waals surface area contributed by atoms with Crippen LogP contribution in [0, 0.1) is 11.8 Å². The van der Waals surface area contributed by atoms with Crippen LogP contribution in [0.2, 0.25) is 0 Å². The van der Waals surface area contributed by atoms with Crippen LogP contribution in [0.4, 0.5) is 0 Å². The Labute approximate surface area is 165 Å². The van der Waals surface area contributed by atoms with E-state index in [4.69, 9.17) is 4.74 Å². The van der Waals surface area contributed by atoms with Gasteiger partial charge in [-0.15, -0.1) is 11.3 Å². The van der Waals surface area contributed by atoms with Gasteiger partial charge in [-0.25, -0.2) is 0 Å². The molecule has 2 aliphatic heterocycles. The summed E-state index contributed by atoms with van der Waals surface area (Å²) < 4.78 is 5.45. The quantitative estimate of drug-likeness (QED) is 0.804. The average Bonchev–Trinajstić information content (AvgIpc) is 3.23. The molecule has 27 heavy (non-hydrogen) atoms. The number of carbonyl (C=O) groups is 2. The third-order valence-electron chi connectivity index (χ3n) is 5.65. The molecule has 1 aromatic heterocycles. The Kier molecular flexibility index (Phi) is 7.26. The van der Waals surface area contributed by atoms with Gasteiger partial charge in [-0.05, 0) is 30.2 Å². The van der Waals surface area contributed by atoms with Gasteiger partial charge in [0.05, 0.1) is 18.1 Å². The monoisotopic (exact) mass is 393 g/mol. The molecule has 2 saturated heterocycles. The number of hydrogen-bond acceptors (Lipinski definition) is 5. The number of carbonyl (C=O) groups excluding carboxylic acids is 2. The largest absolute Gasteiger partial charge is 0.379 e. The number of hydrogen-bond donors (Lipinski definition) is 1. The van der Waals surface area contributed by atoms with Crippen LogP contribution < -0.4 is 5.32 Å². The van der Waals surface area contributed by atoms with Gasteiger partial charge in [0.2, 0.25) is 5.91 Å². The lowest BCUT2D eigenvalue weighted by atomic mass is 9.95. The molecule has 1 atom stereocenters. The summed E-state index contributed by atoms with van der Waals surface area (Å²) in [6.07, 6.45) is 1.49. The van der Waals surface area contributed by atoms with Crippen molar-refractivity contribution in [1.82, 2.24) is 15.1 Å². The van der Waals surface area contributed by atoms with Crippen molar-refractivity contribution in [2.45, 2.75) is 32.7 Å². The number of likely N-dealkylation sites (tertiary alicyclic amines) is 1. The molecule has 0 spiro atoms. The molecule has 0 radical (unpaired) electrons. The molecular weight excluding hydrogens is 362 g/mol. The van der Waals surface area contributed by atoms with Crippen molar-refractivity contribution in [3.05, 3.63) is 22.4 Å². The summed E-state index contributed by atoms with van der Waals surface area (Å²) in [5.74, 6) is 0.719. The Morgan fingerprint density at radius 3 is 2.52 bits per heavy atom. The number of thiophene rings is 1. The van der Waals surface area contributed by atoms with Gasteiger partial charge in [-0.2, -0.15) is 0 Å². The standard InChI is InChI=1S/C20H31N3O3S/c1-15(2)17(22-9-11-26-12-10-22)14-21-19(24)16-5-7-23(8-6-16)20(25)18-4-3-13-27-18/h3-4,13,15-17H,5-12,14H2,1-2H3,(H,21,24). The highest BCUT2D eigenvalue weighted by Crippen LogP contribution is 2.21. The molecule has 150 valence electrons. The number of nitrogens with zero attached hydrogens (tertiary/aromatic N) is 2. The van der Waals surface area contributed by atoms with E-state index in [2.05, 4.69) is 24.1 Å². The van der Waals surface area contributed by atoms with Crippen molar-refractivity contribution < 1.29 is 14.3 Å². The third kappa shape index (κ3) is 5.30. The van der Waals surface area contributed by atoms with E-state index in [-0.39, 0.29) is 17.7 Å². The average molecular weight is 394 g/mol. The fraction of sp³-hybridized carbons (Fsp3) is 0.700. The molecule has 2 amide bonds. The van der Waals surface area contributed by atoms with Crippen LogP contribution in [0.3, 0.4) is 0 Å². The summed E-state index contributed by atoms with van der Waals surface area (Å²) in [5.41, 5.74) is 0. The first-order valence-corrected chi connectivity index (χ1v) is 10.9. The van der Waals surface area contributed by atoms with Gasteiger partial charge < -0.3 is 15.0 Å². The predicted octanol–water partition coefficient (Wildman–Crippen LogP) is 2.07.